The lowest BCUT2D eigenvalue weighted by molar-refractivity contribution is -0.127. The first kappa shape index (κ1) is 20.8. The van der Waals surface area contributed by atoms with Crippen LogP contribution in [-0.2, 0) is 4.79 Å². The molecule has 1 N–H and O–H groups in total. The molecule has 29 heavy (non-hydrogen) atoms. The van der Waals surface area contributed by atoms with E-state index in [0.717, 1.165) is 30.4 Å². The number of rotatable bonds is 7. The molecule has 6 heteroatoms. The van der Waals surface area contributed by atoms with E-state index in [4.69, 9.17) is 4.74 Å². The summed E-state index contributed by atoms with van der Waals surface area (Å²) in [4.78, 5) is 24.6. The molecule has 0 saturated heterocycles. The Morgan fingerprint density at radius 3 is 2.76 bits per heavy atom. The molecule has 3 rings (SSSR count). The van der Waals surface area contributed by atoms with Gasteiger partial charge in [0.1, 0.15) is 0 Å². The molecule has 1 aromatic carbocycles. The summed E-state index contributed by atoms with van der Waals surface area (Å²) in [7, 11) is 0. The molecule has 0 unspecified atom stereocenters. The van der Waals surface area contributed by atoms with Gasteiger partial charge in [0.25, 0.3) is 11.5 Å². The van der Waals surface area contributed by atoms with Crippen LogP contribution in [0.2, 0.25) is 0 Å². The number of aryl methyl sites for hydroxylation is 2. The number of allylic oxidation sites excluding steroid dienone is 1. The number of nitrogens with one attached hydrogen (secondary N) is 1. The lowest BCUT2D eigenvalue weighted by atomic mass is 9.97. The number of carbonyl (C=O) groups excluding carboxylic acids is 1. The van der Waals surface area contributed by atoms with Gasteiger partial charge in [0.05, 0.1) is 5.69 Å². The molecular formula is C23H29N3O3. The molecule has 0 saturated carbocycles. The monoisotopic (exact) mass is 395 g/mol. The number of carbonyl (C=O) groups is 1. The predicted octanol–water partition coefficient (Wildman–Crippen LogP) is 3.62. The van der Waals surface area contributed by atoms with Gasteiger partial charge in [-0.15, -0.1) is 5.10 Å². The predicted molar refractivity (Wildman–Crippen MR) is 114 cm³/mol. The van der Waals surface area contributed by atoms with Crippen LogP contribution in [-0.4, -0.2) is 28.3 Å². The zero-order chi connectivity index (χ0) is 20.8. The first-order chi connectivity index (χ1) is 13.9. The highest BCUT2D eigenvalue weighted by atomic mass is 16.5. The highest BCUT2D eigenvalue weighted by molar-refractivity contribution is 5.80. The molecule has 1 atom stereocenters. The minimum absolute atomic E-state index is 0.188. The minimum atomic E-state index is -0.700. The van der Waals surface area contributed by atoms with Crippen molar-refractivity contribution in [3.8, 4) is 11.6 Å². The molecule has 1 amide bonds. The van der Waals surface area contributed by atoms with E-state index in [1.165, 1.54) is 35.2 Å². The number of amides is 1. The molecule has 1 aromatic heterocycles. The van der Waals surface area contributed by atoms with Gasteiger partial charge in [-0.2, -0.15) is 4.68 Å². The molecule has 0 spiro atoms. The standard InChI is InChI=1S/C23H29N3O3/c1-16-9-10-20(15-17(16)2)26-22(27)12-11-21(25-26)29-18(3)23(28)24-14-13-19-7-5-4-6-8-19/h7,9-12,15,18H,4-6,8,13-14H2,1-3H3,(H,24,28)/t18-/m1/s1. The maximum absolute atomic E-state index is 12.3. The van der Waals surface area contributed by atoms with Gasteiger partial charge in [-0.3, -0.25) is 9.59 Å². The van der Waals surface area contributed by atoms with Crippen molar-refractivity contribution in [1.29, 1.82) is 0 Å². The molecule has 154 valence electrons. The summed E-state index contributed by atoms with van der Waals surface area (Å²) in [5.41, 5.74) is 4.05. The van der Waals surface area contributed by atoms with Crippen molar-refractivity contribution in [3.05, 3.63) is 63.5 Å². The van der Waals surface area contributed by atoms with Crippen molar-refractivity contribution in [2.24, 2.45) is 0 Å². The van der Waals surface area contributed by atoms with Crippen molar-refractivity contribution >= 4 is 5.91 Å². The van der Waals surface area contributed by atoms with Crippen LogP contribution in [0.5, 0.6) is 5.88 Å². The Morgan fingerprint density at radius 1 is 1.21 bits per heavy atom. The molecule has 0 bridgehead atoms. The van der Waals surface area contributed by atoms with Crippen molar-refractivity contribution in [2.75, 3.05) is 6.54 Å². The van der Waals surface area contributed by atoms with Crippen molar-refractivity contribution in [3.63, 3.8) is 0 Å². The van der Waals surface area contributed by atoms with Crippen LogP contribution in [0, 0.1) is 13.8 Å². The Bertz CT molecular complexity index is 962. The molecule has 0 aliphatic heterocycles. The van der Waals surface area contributed by atoms with Gasteiger partial charge in [-0.1, -0.05) is 17.7 Å². The van der Waals surface area contributed by atoms with E-state index < -0.39 is 6.10 Å². The summed E-state index contributed by atoms with van der Waals surface area (Å²) in [6.07, 6.45) is 7.24. The summed E-state index contributed by atoms with van der Waals surface area (Å²) < 4.78 is 6.99. The summed E-state index contributed by atoms with van der Waals surface area (Å²) in [5, 5.41) is 7.20. The molecule has 1 heterocycles. The second-order valence-electron chi connectivity index (χ2n) is 7.60. The van der Waals surface area contributed by atoms with Gasteiger partial charge < -0.3 is 10.1 Å². The highest BCUT2D eigenvalue weighted by Gasteiger charge is 2.16. The van der Waals surface area contributed by atoms with Crippen LogP contribution < -0.4 is 15.6 Å². The van der Waals surface area contributed by atoms with Crippen LogP contribution >= 0.6 is 0 Å². The van der Waals surface area contributed by atoms with E-state index in [1.54, 1.807) is 6.92 Å². The fourth-order valence-corrected chi connectivity index (χ4v) is 3.36. The topological polar surface area (TPSA) is 73.2 Å². The Kier molecular flexibility index (Phi) is 6.86. The van der Waals surface area contributed by atoms with Gasteiger partial charge in [-0.25, -0.2) is 0 Å². The summed E-state index contributed by atoms with van der Waals surface area (Å²) >= 11 is 0. The summed E-state index contributed by atoms with van der Waals surface area (Å²) in [5.74, 6) is 0.0487. The molecular weight excluding hydrogens is 366 g/mol. The van der Waals surface area contributed by atoms with Crippen LogP contribution in [0.25, 0.3) is 5.69 Å². The Hall–Kier alpha value is -2.89. The van der Waals surface area contributed by atoms with E-state index in [1.807, 2.05) is 32.0 Å². The smallest absolute Gasteiger partial charge is 0.271 e. The van der Waals surface area contributed by atoms with Crippen molar-refractivity contribution in [2.45, 2.75) is 59.0 Å². The number of ether oxygens (including phenoxy) is 1. The zero-order valence-corrected chi connectivity index (χ0v) is 17.4. The largest absolute Gasteiger partial charge is 0.464 e. The first-order valence-corrected chi connectivity index (χ1v) is 10.2. The Balaban J connectivity index is 1.61. The van der Waals surface area contributed by atoms with Crippen LogP contribution in [0.3, 0.4) is 0 Å². The highest BCUT2D eigenvalue weighted by Crippen LogP contribution is 2.19. The maximum atomic E-state index is 12.3. The maximum Gasteiger partial charge on any atom is 0.271 e. The number of hydrogen-bond donors (Lipinski definition) is 1. The normalized spacial score (nSPS) is 14.8. The molecule has 6 nitrogen and oxygen atoms in total. The quantitative estimate of drug-likeness (QED) is 0.727. The van der Waals surface area contributed by atoms with Gasteiger partial charge >= 0.3 is 0 Å². The van der Waals surface area contributed by atoms with Gasteiger partial charge in [0.2, 0.25) is 5.88 Å². The van der Waals surface area contributed by atoms with E-state index in [2.05, 4.69) is 16.5 Å². The lowest BCUT2D eigenvalue weighted by Gasteiger charge is -2.16. The molecule has 2 aromatic rings. The van der Waals surface area contributed by atoms with Gasteiger partial charge in [0, 0.05) is 18.7 Å². The third-order valence-corrected chi connectivity index (χ3v) is 5.31. The van der Waals surface area contributed by atoms with Crippen LogP contribution in [0.4, 0.5) is 0 Å². The van der Waals surface area contributed by atoms with E-state index in [-0.39, 0.29) is 17.3 Å². The van der Waals surface area contributed by atoms with Crippen LogP contribution in [0.15, 0.2) is 46.8 Å². The van der Waals surface area contributed by atoms with Crippen molar-refractivity contribution < 1.29 is 9.53 Å². The van der Waals surface area contributed by atoms with Crippen molar-refractivity contribution in [1.82, 2.24) is 15.1 Å². The lowest BCUT2D eigenvalue weighted by Crippen LogP contribution is -2.37. The number of nitrogens with zero attached hydrogens (tertiary/aromatic N) is 2. The fraction of sp³-hybridized carbons (Fsp3) is 0.435. The van der Waals surface area contributed by atoms with Gasteiger partial charge in [-0.05, 0) is 76.1 Å². The third-order valence-electron chi connectivity index (χ3n) is 5.31. The molecule has 0 radical (unpaired) electrons. The van der Waals surface area contributed by atoms with E-state index in [0.29, 0.717) is 12.2 Å². The molecule has 1 aliphatic carbocycles. The number of aromatic nitrogens is 2. The average molecular weight is 396 g/mol. The average Bonchev–Trinajstić information content (AvgIpc) is 2.72. The van der Waals surface area contributed by atoms with Crippen LogP contribution in [0.1, 0.15) is 50.2 Å². The van der Waals surface area contributed by atoms with Gasteiger partial charge in [0.15, 0.2) is 6.10 Å². The minimum Gasteiger partial charge on any atom is -0.464 e. The number of benzene rings is 1. The first-order valence-electron chi connectivity index (χ1n) is 10.2. The Morgan fingerprint density at radius 2 is 2.03 bits per heavy atom. The summed E-state index contributed by atoms with van der Waals surface area (Å²) in [6, 6.07) is 8.60. The van der Waals surface area contributed by atoms with E-state index in [9.17, 15) is 9.59 Å². The second-order valence-corrected chi connectivity index (χ2v) is 7.60. The fourth-order valence-electron chi connectivity index (χ4n) is 3.36. The molecule has 0 fully saturated rings. The SMILES string of the molecule is Cc1ccc(-n2nc(O[C@H](C)C(=O)NCCC3=CCCCC3)ccc2=O)cc1C. The Labute approximate surface area is 171 Å². The number of hydrogen-bond acceptors (Lipinski definition) is 4. The summed E-state index contributed by atoms with van der Waals surface area (Å²) in [6.45, 7) is 6.29. The second kappa shape index (κ2) is 9.54. The molecule has 1 aliphatic rings. The van der Waals surface area contributed by atoms with E-state index >= 15 is 0 Å². The zero-order valence-electron chi connectivity index (χ0n) is 17.4. The third kappa shape index (κ3) is 5.56.